The van der Waals surface area contributed by atoms with Gasteiger partial charge in [-0.15, -0.1) is 0 Å². The maximum absolute atomic E-state index is 13.8. The molecule has 0 aliphatic rings. The molecule has 35 heavy (non-hydrogen) atoms. The standard InChI is InChI=1S/C26H43N3O6/c1-7-9-10-14-27-23(32)22(19-12-11-13-20(31)17-19)29(15-16-30)24(33)21(18(3)8-2)28-25(34)35-26(4,5)6/h11-13,17-18,21-22,30-31H,7-10,14-16H2,1-6H3,(H,27,32)(H,28,34). The molecule has 0 aliphatic heterocycles. The summed E-state index contributed by atoms with van der Waals surface area (Å²) in [7, 11) is 0. The van der Waals surface area contributed by atoms with E-state index in [1.165, 1.54) is 17.0 Å². The van der Waals surface area contributed by atoms with E-state index in [2.05, 4.69) is 17.6 Å². The smallest absolute Gasteiger partial charge is 0.408 e. The number of ether oxygens (including phenoxy) is 1. The van der Waals surface area contributed by atoms with E-state index < -0.39 is 35.6 Å². The number of phenols is 1. The van der Waals surface area contributed by atoms with E-state index >= 15 is 0 Å². The van der Waals surface area contributed by atoms with E-state index in [0.29, 0.717) is 18.5 Å². The summed E-state index contributed by atoms with van der Waals surface area (Å²) in [6.07, 6.45) is 2.58. The van der Waals surface area contributed by atoms with E-state index in [0.717, 1.165) is 19.3 Å². The Bertz CT molecular complexity index is 824. The summed E-state index contributed by atoms with van der Waals surface area (Å²) in [6, 6.07) is 4.06. The minimum absolute atomic E-state index is 0.0481. The lowest BCUT2D eigenvalue weighted by Crippen LogP contribution is -2.55. The Morgan fingerprint density at radius 3 is 2.37 bits per heavy atom. The quantitative estimate of drug-likeness (QED) is 0.311. The van der Waals surface area contributed by atoms with Crippen LogP contribution in [-0.4, -0.2) is 64.4 Å². The lowest BCUT2D eigenvalue weighted by atomic mass is 9.95. The monoisotopic (exact) mass is 493 g/mol. The predicted octanol–water partition coefficient (Wildman–Crippen LogP) is 3.50. The van der Waals surface area contributed by atoms with Gasteiger partial charge in [0.1, 0.15) is 23.4 Å². The Morgan fingerprint density at radius 1 is 1.14 bits per heavy atom. The SMILES string of the molecule is CCCCCNC(=O)C(c1cccc(O)c1)N(CCO)C(=O)C(NC(=O)OC(C)(C)C)C(C)CC. The van der Waals surface area contributed by atoms with E-state index in [-0.39, 0.29) is 24.8 Å². The molecule has 4 N–H and O–H groups in total. The van der Waals surface area contributed by atoms with Crippen molar-refractivity contribution in [2.45, 2.75) is 84.9 Å². The molecular weight excluding hydrogens is 450 g/mol. The molecule has 0 saturated carbocycles. The third-order valence-electron chi connectivity index (χ3n) is 5.60. The highest BCUT2D eigenvalue weighted by atomic mass is 16.6. The molecule has 3 unspecified atom stereocenters. The second-order valence-electron chi connectivity index (χ2n) is 9.76. The average Bonchev–Trinajstić information content (AvgIpc) is 2.78. The fraction of sp³-hybridized carbons (Fsp3) is 0.654. The van der Waals surface area contributed by atoms with Crippen LogP contribution in [0.3, 0.4) is 0 Å². The first-order valence-electron chi connectivity index (χ1n) is 12.4. The second-order valence-corrected chi connectivity index (χ2v) is 9.76. The summed E-state index contributed by atoms with van der Waals surface area (Å²) in [5.41, 5.74) is -0.347. The molecule has 0 saturated heterocycles. The van der Waals surface area contributed by atoms with Gasteiger partial charge in [0, 0.05) is 13.1 Å². The number of amides is 3. The molecule has 0 aliphatic carbocycles. The van der Waals surface area contributed by atoms with Crippen molar-refractivity contribution in [1.29, 1.82) is 0 Å². The second kappa shape index (κ2) is 14.6. The van der Waals surface area contributed by atoms with Gasteiger partial charge in [0.05, 0.1) is 6.61 Å². The number of carbonyl (C=O) groups is 3. The molecule has 1 aromatic rings. The lowest BCUT2D eigenvalue weighted by molar-refractivity contribution is -0.144. The Labute approximate surface area is 209 Å². The van der Waals surface area contributed by atoms with Crippen LogP contribution in [0, 0.1) is 5.92 Å². The van der Waals surface area contributed by atoms with Crippen molar-refractivity contribution in [2.75, 3.05) is 19.7 Å². The molecule has 0 fully saturated rings. The van der Waals surface area contributed by atoms with Gasteiger partial charge < -0.3 is 30.5 Å². The van der Waals surface area contributed by atoms with Gasteiger partial charge in [-0.3, -0.25) is 9.59 Å². The summed E-state index contributed by atoms with van der Waals surface area (Å²) in [4.78, 5) is 40.9. The van der Waals surface area contributed by atoms with Crippen molar-refractivity contribution in [3.05, 3.63) is 29.8 Å². The van der Waals surface area contributed by atoms with Crippen LogP contribution >= 0.6 is 0 Å². The summed E-state index contributed by atoms with van der Waals surface area (Å²) in [5, 5.41) is 25.4. The van der Waals surface area contributed by atoms with Crippen molar-refractivity contribution in [3.63, 3.8) is 0 Å². The van der Waals surface area contributed by atoms with Gasteiger partial charge >= 0.3 is 6.09 Å². The number of hydrogen-bond donors (Lipinski definition) is 4. The first-order chi connectivity index (χ1) is 16.4. The van der Waals surface area contributed by atoms with Crippen molar-refractivity contribution >= 4 is 17.9 Å². The molecule has 0 spiro atoms. The average molecular weight is 494 g/mol. The zero-order valence-electron chi connectivity index (χ0n) is 22.0. The maximum Gasteiger partial charge on any atom is 0.408 e. The van der Waals surface area contributed by atoms with E-state index in [9.17, 15) is 24.6 Å². The Kier molecular flexibility index (Phi) is 12.6. The van der Waals surface area contributed by atoms with E-state index in [1.54, 1.807) is 32.9 Å². The van der Waals surface area contributed by atoms with Gasteiger partial charge in [0.2, 0.25) is 11.8 Å². The predicted molar refractivity (Wildman–Crippen MR) is 135 cm³/mol. The van der Waals surface area contributed by atoms with Crippen molar-refractivity contribution in [1.82, 2.24) is 15.5 Å². The van der Waals surface area contributed by atoms with Gasteiger partial charge in [-0.05, 0) is 50.8 Å². The third kappa shape index (κ3) is 10.1. The number of aliphatic hydroxyl groups is 1. The maximum atomic E-state index is 13.8. The largest absolute Gasteiger partial charge is 0.508 e. The van der Waals surface area contributed by atoms with Crippen LogP contribution in [0.25, 0.3) is 0 Å². The van der Waals surface area contributed by atoms with E-state index in [4.69, 9.17) is 4.74 Å². The van der Waals surface area contributed by atoms with Gasteiger partial charge in [-0.2, -0.15) is 0 Å². The molecular formula is C26H43N3O6. The zero-order valence-corrected chi connectivity index (χ0v) is 22.0. The minimum atomic E-state index is -1.10. The number of carbonyl (C=O) groups excluding carboxylic acids is 3. The highest BCUT2D eigenvalue weighted by Crippen LogP contribution is 2.26. The topological polar surface area (TPSA) is 128 Å². The van der Waals surface area contributed by atoms with Crippen molar-refractivity contribution < 1.29 is 29.3 Å². The molecule has 0 heterocycles. The molecule has 0 bridgehead atoms. The fourth-order valence-corrected chi connectivity index (χ4v) is 3.62. The number of rotatable bonds is 13. The van der Waals surface area contributed by atoms with E-state index in [1.807, 2.05) is 13.8 Å². The number of unbranched alkanes of at least 4 members (excludes halogenated alkanes) is 2. The number of aromatic hydroxyl groups is 1. The van der Waals surface area contributed by atoms with Gasteiger partial charge in [-0.25, -0.2) is 4.79 Å². The van der Waals surface area contributed by atoms with Crippen LogP contribution in [0.4, 0.5) is 4.79 Å². The number of aliphatic hydroxyl groups excluding tert-OH is 1. The Morgan fingerprint density at radius 2 is 1.83 bits per heavy atom. The summed E-state index contributed by atoms with van der Waals surface area (Å²) >= 11 is 0. The number of phenolic OH excluding ortho intramolecular Hbond substituents is 1. The summed E-state index contributed by atoms with van der Waals surface area (Å²) < 4.78 is 5.35. The summed E-state index contributed by atoms with van der Waals surface area (Å²) in [6.45, 7) is 10.9. The highest BCUT2D eigenvalue weighted by molar-refractivity contribution is 5.92. The van der Waals surface area contributed by atoms with Crippen molar-refractivity contribution in [3.8, 4) is 5.75 Å². The molecule has 3 amide bonds. The molecule has 0 aromatic heterocycles. The molecule has 9 nitrogen and oxygen atoms in total. The first kappa shape index (κ1) is 30.2. The van der Waals surface area contributed by atoms with Crippen LogP contribution in [0.2, 0.25) is 0 Å². The Hall–Kier alpha value is -2.81. The summed E-state index contributed by atoms with van der Waals surface area (Å²) in [5.74, 6) is -1.26. The molecule has 1 rings (SSSR count). The third-order valence-corrected chi connectivity index (χ3v) is 5.60. The number of nitrogens with zero attached hydrogens (tertiary/aromatic N) is 1. The van der Waals surface area contributed by atoms with Crippen molar-refractivity contribution in [2.24, 2.45) is 5.92 Å². The molecule has 1 aromatic carbocycles. The molecule has 198 valence electrons. The minimum Gasteiger partial charge on any atom is -0.508 e. The highest BCUT2D eigenvalue weighted by Gasteiger charge is 2.38. The lowest BCUT2D eigenvalue weighted by Gasteiger charge is -2.35. The number of nitrogens with one attached hydrogen (secondary N) is 2. The number of benzene rings is 1. The van der Waals surface area contributed by atoms with Crippen LogP contribution < -0.4 is 10.6 Å². The number of alkyl carbamates (subject to hydrolysis) is 1. The van der Waals surface area contributed by atoms with Gasteiger partial charge in [0.15, 0.2) is 0 Å². The Balaban J connectivity index is 3.37. The van der Waals surface area contributed by atoms with Crippen LogP contribution in [0.15, 0.2) is 24.3 Å². The normalized spacial score (nSPS) is 13.9. The fourth-order valence-electron chi connectivity index (χ4n) is 3.62. The zero-order chi connectivity index (χ0) is 26.6. The van der Waals surface area contributed by atoms with Crippen LogP contribution in [0.1, 0.15) is 78.8 Å². The van der Waals surface area contributed by atoms with Crippen LogP contribution in [-0.2, 0) is 14.3 Å². The molecule has 9 heteroatoms. The molecule has 0 radical (unpaired) electrons. The van der Waals surface area contributed by atoms with Gasteiger partial charge in [0.25, 0.3) is 0 Å². The van der Waals surface area contributed by atoms with Gasteiger partial charge in [-0.1, -0.05) is 52.2 Å². The molecule has 3 atom stereocenters. The van der Waals surface area contributed by atoms with Crippen LogP contribution in [0.5, 0.6) is 5.75 Å². The number of hydrogen-bond acceptors (Lipinski definition) is 6. The first-order valence-corrected chi connectivity index (χ1v) is 12.4.